The molecule has 0 aliphatic carbocycles. The van der Waals surface area contributed by atoms with Crippen molar-refractivity contribution in [2.75, 3.05) is 27.8 Å². The van der Waals surface area contributed by atoms with Crippen molar-refractivity contribution >= 4 is 16.0 Å². The van der Waals surface area contributed by atoms with Crippen LogP contribution in [0.5, 0.6) is 17.2 Å². The fraction of sp³-hybridized carbons (Fsp3) is 0.435. The summed E-state index contributed by atoms with van der Waals surface area (Å²) in [5.74, 6) is 0.939. The predicted octanol–water partition coefficient (Wildman–Crippen LogP) is 3.76. The van der Waals surface area contributed by atoms with Gasteiger partial charge in [0.15, 0.2) is 11.5 Å². The average molecular weight is 448 g/mol. The first-order chi connectivity index (χ1) is 14.8. The summed E-state index contributed by atoms with van der Waals surface area (Å²) in [6.07, 6.45) is 3.23. The van der Waals surface area contributed by atoms with Gasteiger partial charge in [-0.1, -0.05) is 25.5 Å². The Morgan fingerprint density at radius 2 is 1.77 bits per heavy atom. The van der Waals surface area contributed by atoms with Gasteiger partial charge in [-0.15, -0.1) is 0 Å². The van der Waals surface area contributed by atoms with E-state index in [1.807, 2.05) is 20.0 Å². The average Bonchev–Trinajstić information content (AvgIpc) is 2.92. The fourth-order valence-electron chi connectivity index (χ4n) is 4.14. The van der Waals surface area contributed by atoms with E-state index in [9.17, 15) is 13.2 Å². The minimum Gasteiger partial charge on any atom is -0.493 e. The molecule has 31 heavy (non-hydrogen) atoms. The van der Waals surface area contributed by atoms with Crippen molar-refractivity contribution in [1.82, 2.24) is 4.90 Å². The number of ether oxygens (including phenoxy) is 2. The Bertz CT molecular complexity index is 1050. The van der Waals surface area contributed by atoms with Crippen LogP contribution in [0.4, 0.5) is 0 Å². The second-order valence-corrected chi connectivity index (χ2v) is 9.25. The third-order valence-electron chi connectivity index (χ3n) is 5.94. The lowest BCUT2D eigenvalue weighted by Gasteiger charge is -2.33. The summed E-state index contributed by atoms with van der Waals surface area (Å²) >= 11 is 0. The molecule has 8 heteroatoms. The Balaban J connectivity index is 1.95. The molecule has 2 aromatic rings. The lowest BCUT2D eigenvalue weighted by Crippen LogP contribution is -2.43. The summed E-state index contributed by atoms with van der Waals surface area (Å²) < 4.78 is 41.5. The molecule has 1 atom stereocenters. The van der Waals surface area contributed by atoms with Crippen LogP contribution < -0.4 is 13.7 Å². The van der Waals surface area contributed by atoms with Crippen molar-refractivity contribution < 1.29 is 26.9 Å². The first-order valence-electron chi connectivity index (χ1n) is 10.3. The Morgan fingerprint density at radius 3 is 2.45 bits per heavy atom. The number of hydrogen-bond donors (Lipinski definition) is 0. The molecule has 0 aromatic heterocycles. The second kappa shape index (κ2) is 9.18. The van der Waals surface area contributed by atoms with Crippen LogP contribution in [0.3, 0.4) is 0 Å². The van der Waals surface area contributed by atoms with Crippen molar-refractivity contribution in [3.8, 4) is 17.2 Å². The van der Waals surface area contributed by atoms with Crippen LogP contribution in [0.2, 0.25) is 0 Å². The summed E-state index contributed by atoms with van der Waals surface area (Å²) in [7, 11) is 0.622. The van der Waals surface area contributed by atoms with Gasteiger partial charge < -0.3 is 18.6 Å². The number of hydrogen-bond acceptors (Lipinski definition) is 6. The molecule has 0 radical (unpaired) electrons. The zero-order valence-electron chi connectivity index (χ0n) is 18.4. The Morgan fingerprint density at radius 1 is 1.03 bits per heavy atom. The molecule has 0 N–H and O–H groups in total. The number of rotatable bonds is 7. The van der Waals surface area contributed by atoms with Crippen LogP contribution in [-0.4, -0.2) is 47.0 Å². The highest BCUT2D eigenvalue weighted by atomic mass is 32.2. The van der Waals surface area contributed by atoms with E-state index in [0.29, 0.717) is 12.2 Å². The third kappa shape index (κ3) is 4.49. The maximum Gasteiger partial charge on any atom is 0.339 e. The molecule has 168 valence electrons. The number of nitrogens with zero attached hydrogens (tertiary/aromatic N) is 1. The number of carbonyl (C=O) groups excluding carboxylic acids is 1. The van der Waals surface area contributed by atoms with Gasteiger partial charge in [0.05, 0.1) is 19.6 Å². The molecule has 1 amide bonds. The molecular formula is C23H29NO6S. The molecule has 1 heterocycles. The highest BCUT2D eigenvalue weighted by molar-refractivity contribution is 7.87. The quantitative estimate of drug-likeness (QED) is 0.601. The van der Waals surface area contributed by atoms with Gasteiger partial charge >= 0.3 is 10.1 Å². The van der Waals surface area contributed by atoms with Crippen molar-refractivity contribution in [1.29, 1.82) is 0 Å². The van der Waals surface area contributed by atoms with Gasteiger partial charge in [0.1, 0.15) is 10.6 Å². The van der Waals surface area contributed by atoms with Gasteiger partial charge in [-0.25, -0.2) is 0 Å². The first-order valence-corrected chi connectivity index (χ1v) is 11.7. The molecule has 1 aliphatic heterocycles. The van der Waals surface area contributed by atoms with Crippen molar-refractivity contribution in [2.24, 2.45) is 0 Å². The van der Waals surface area contributed by atoms with E-state index in [1.54, 1.807) is 23.1 Å². The van der Waals surface area contributed by atoms with E-state index in [2.05, 4.69) is 0 Å². The van der Waals surface area contributed by atoms with Gasteiger partial charge in [0.2, 0.25) is 5.91 Å². The molecule has 1 saturated heterocycles. The van der Waals surface area contributed by atoms with E-state index in [4.69, 9.17) is 13.7 Å². The van der Waals surface area contributed by atoms with Gasteiger partial charge in [-0.2, -0.15) is 8.42 Å². The van der Waals surface area contributed by atoms with Gasteiger partial charge in [-0.05, 0) is 49.1 Å². The molecule has 3 rings (SSSR count). The Labute approximate surface area is 184 Å². The maximum absolute atomic E-state index is 13.2. The van der Waals surface area contributed by atoms with Crippen LogP contribution >= 0.6 is 0 Å². The standard InChI is InChI=1S/C23H29NO6S/c1-5-23(13-6-7-14-24(2)22(23)25)17-9-8-10-18(15-17)30-31(26,27)19-11-12-20(28-3)21(16-19)29-4/h8-12,15-16H,5-7,13-14H2,1-4H3/t23-/m0/s1. The van der Waals surface area contributed by atoms with Gasteiger partial charge in [0.25, 0.3) is 0 Å². The van der Waals surface area contributed by atoms with E-state index >= 15 is 0 Å². The van der Waals surface area contributed by atoms with Gasteiger partial charge in [-0.3, -0.25) is 4.79 Å². The van der Waals surface area contributed by atoms with Crippen molar-refractivity contribution in [2.45, 2.75) is 42.9 Å². The SMILES string of the molecule is CC[C@@]1(c2cccc(OS(=O)(=O)c3ccc(OC)c(OC)c3)c2)CCCCN(C)C1=O. The number of likely N-dealkylation sites (tertiary alicyclic amines) is 1. The Kier molecular flexibility index (Phi) is 6.79. The van der Waals surface area contributed by atoms with Crippen molar-refractivity contribution in [3.63, 3.8) is 0 Å². The highest BCUT2D eigenvalue weighted by Gasteiger charge is 2.41. The topological polar surface area (TPSA) is 82.1 Å². The Hall–Kier alpha value is -2.74. The largest absolute Gasteiger partial charge is 0.493 e. The first kappa shape index (κ1) is 22.9. The fourth-order valence-corrected chi connectivity index (χ4v) is 5.08. The van der Waals surface area contributed by atoms with E-state index in [0.717, 1.165) is 31.4 Å². The lowest BCUT2D eigenvalue weighted by molar-refractivity contribution is -0.135. The summed E-state index contributed by atoms with van der Waals surface area (Å²) in [5.41, 5.74) is 0.0892. The number of benzene rings is 2. The minimum absolute atomic E-state index is 0.0500. The summed E-state index contributed by atoms with van der Waals surface area (Å²) in [4.78, 5) is 14.9. The highest BCUT2D eigenvalue weighted by Crippen LogP contribution is 2.39. The van der Waals surface area contributed by atoms with Gasteiger partial charge in [0, 0.05) is 19.7 Å². The summed E-state index contributed by atoms with van der Waals surface area (Å²) in [5, 5.41) is 0. The molecule has 7 nitrogen and oxygen atoms in total. The number of likely N-dealkylation sites (N-methyl/N-ethyl adjacent to an activating group) is 1. The lowest BCUT2D eigenvalue weighted by atomic mass is 9.73. The molecule has 1 fully saturated rings. The van der Waals surface area contributed by atoms with Crippen LogP contribution in [0, 0.1) is 0 Å². The number of amides is 1. The monoisotopic (exact) mass is 447 g/mol. The predicted molar refractivity (Wildman–Crippen MR) is 117 cm³/mol. The summed E-state index contributed by atoms with van der Waals surface area (Å²) in [6, 6.07) is 11.1. The van der Waals surface area contributed by atoms with Crippen molar-refractivity contribution in [3.05, 3.63) is 48.0 Å². The minimum atomic E-state index is -4.11. The molecular weight excluding hydrogens is 418 g/mol. The third-order valence-corrected chi connectivity index (χ3v) is 7.19. The van der Waals surface area contributed by atoms with Crippen LogP contribution in [0.1, 0.15) is 38.2 Å². The zero-order chi connectivity index (χ0) is 22.6. The molecule has 1 aliphatic rings. The van der Waals surface area contributed by atoms with Crippen LogP contribution in [-0.2, 0) is 20.3 Å². The summed E-state index contributed by atoms with van der Waals surface area (Å²) in [6.45, 7) is 2.72. The normalized spacial score (nSPS) is 19.6. The molecule has 2 aromatic carbocycles. The van der Waals surface area contributed by atoms with Crippen LogP contribution in [0.25, 0.3) is 0 Å². The maximum atomic E-state index is 13.2. The number of methoxy groups -OCH3 is 2. The van der Waals surface area contributed by atoms with E-state index < -0.39 is 15.5 Å². The van der Waals surface area contributed by atoms with E-state index in [1.165, 1.54) is 32.4 Å². The molecule has 0 bridgehead atoms. The molecule has 0 spiro atoms. The molecule has 0 saturated carbocycles. The second-order valence-electron chi connectivity index (χ2n) is 7.70. The number of carbonyl (C=O) groups is 1. The van der Waals surface area contributed by atoms with Crippen LogP contribution in [0.15, 0.2) is 47.4 Å². The smallest absolute Gasteiger partial charge is 0.339 e. The van der Waals surface area contributed by atoms with E-state index in [-0.39, 0.29) is 22.3 Å². The zero-order valence-corrected chi connectivity index (χ0v) is 19.2. The molecule has 0 unspecified atom stereocenters.